The van der Waals surface area contributed by atoms with Gasteiger partial charge in [0.25, 0.3) is 5.91 Å². The predicted molar refractivity (Wildman–Crippen MR) is 179 cm³/mol. The quantitative estimate of drug-likeness (QED) is 0.0916. The van der Waals surface area contributed by atoms with E-state index in [-0.39, 0.29) is 31.8 Å². The van der Waals surface area contributed by atoms with Gasteiger partial charge in [-0.25, -0.2) is 25.0 Å². The van der Waals surface area contributed by atoms with Crippen LogP contribution in [0.1, 0.15) is 41.6 Å². The number of halogens is 1. The second-order valence-electron chi connectivity index (χ2n) is 11.4. The number of alkyl halides is 1. The van der Waals surface area contributed by atoms with Crippen molar-refractivity contribution in [3.05, 3.63) is 71.6 Å². The van der Waals surface area contributed by atoms with E-state index in [1.165, 1.54) is 11.2 Å². The minimum absolute atomic E-state index is 0.166. The average Bonchev–Trinajstić information content (AvgIpc) is 3.09. The fourth-order valence-electron chi connectivity index (χ4n) is 4.91. The van der Waals surface area contributed by atoms with Crippen LogP contribution in [0, 0.1) is 0 Å². The first-order valence-electron chi connectivity index (χ1n) is 15.6. The number of nitrogens with zero attached hydrogens (tertiary/aromatic N) is 3. The molecule has 270 valence electrons. The summed E-state index contributed by atoms with van der Waals surface area (Å²) in [5.74, 6) is 1.70. The molecule has 50 heavy (non-hydrogen) atoms. The van der Waals surface area contributed by atoms with Crippen molar-refractivity contribution in [3.63, 3.8) is 0 Å². The summed E-state index contributed by atoms with van der Waals surface area (Å²) in [4.78, 5) is 75.2. The van der Waals surface area contributed by atoms with Crippen LogP contribution in [0.15, 0.2) is 60.4 Å². The summed E-state index contributed by atoms with van der Waals surface area (Å²) >= 11 is 0. The summed E-state index contributed by atoms with van der Waals surface area (Å²) in [6.45, 7) is 0.677. The van der Waals surface area contributed by atoms with E-state index in [2.05, 4.69) is 16.0 Å². The van der Waals surface area contributed by atoms with Crippen LogP contribution in [0.4, 0.5) is 25.4 Å². The highest BCUT2D eigenvalue weighted by Crippen LogP contribution is 2.17. The van der Waals surface area contributed by atoms with Crippen LogP contribution in [-0.4, -0.2) is 106 Å². The number of carbonyl (C=O) groups is 6. The molecule has 1 aliphatic rings. The minimum Gasteiger partial charge on any atom is -0.481 e. The number of anilines is 2. The summed E-state index contributed by atoms with van der Waals surface area (Å²) < 4.78 is 12.4. The number of nitrogens with two attached hydrogens (primary N) is 2. The lowest BCUT2D eigenvalue weighted by atomic mass is 10.1. The number of hydrogen-bond donors (Lipinski definition) is 8. The fourth-order valence-corrected chi connectivity index (χ4v) is 4.91. The van der Waals surface area contributed by atoms with Gasteiger partial charge >= 0.3 is 30.0 Å². The Balaban J connectivity index is 1.48. The van der Waals surface area contributed by atoms with Gasteiger partial charge in [0.05, 0.1) is 12.4 Å². The third-order valence-corrected chi connectivity index (χ3v) is 7.67. The second-order valence-corrected chi connectivity index (χ2v) is 11.4. The molecule has 1 saturated heterocycles. The number of piperazine rings is 1. The number of carboxylic acid groups (broad SMARTS) is 3. The molecule has 0 aliphatic carbocycles. The molecular weight excluding hydrogens is 659 g/mol. The Bertz CT molecular complexity index is 1550. The van der Waals surface area contributed by atoms with Crippen LogP contribution >= 0.6 is 0 Å². The SMILES string of the molecule is N/C(=C\N(N)c1ccc(C(=O)N2CCN(C(=O)Nc3ccc(C[C@H](NC(=O)NC(CCC(=O)O)C(=O)O)C(=O)O)cc3)CC2)cc1)CCCF. The van der Waals surface area contributed by atoms with Crippen molar-refractivity contribution in [2.75, 3.05) is 43.2 Å². The molecule has 18 heteroatoms. The van der Waals surface area contributed by atoms with Crippen molar-refractivity contribution in [1.82, 2.24) is 20.4 Å². The van der Waals surface area contributed by atoms with Crippen LogP contribution in [0.5, 0.6) is 0 Å². The molecule has 10 N–H and O–H groups in total. The molecule has 1 aliphatic heterocycles. The van der Waals surface area contributed by atoms with Gasteiger partial charge in [-0.2, -0.15) is 0 Å². The highest BCUT2D eigenvalue weighted by molar-refractivity contribution is 5.95. The molecular formula is C32H41FN8O9. The van der Waals surface area contributed by atoms with E-state index < -0.39 is 55.1 Å². The summed E-state index contributed by atoms with van der Waals surface area (Å²) in [5.41, 5.74) is 8.21. The van der Waals surface area contributed by atoms with Crippen LogP contribution in [0.25, 0.3) is 0 Å². The van der Waals surface area contributed by atoms with E-state index in [0.717, 1.165) is 0 Å². The molecule has 2 aromatic carbocycles. The van der Waals surface area contributed by atoms with Gasteiger partial charge in [-0.15, -0.1) is 0 Å². The largest absolute Gasteiger partial charge is 0.481 e. The molecule has 5 amide bonds. The number of carboxylic acids is 3. The highest BCUT2D eigenvalue weighted by atomic mass is 19.1. The number of allylic oxidation sites excluding steroid dienone is 1. The lowest BCUT2D eigenvalue weighted by molar-refractivity contribution is -0.140. The average molecular weight is 701 g/mol. The standard InChI is InChI=1S/C32H41FN8O9/c33-13-1-2-22(34)19-41(35)24-9-5-21(6-10-24)28(44)39-14-16-40(17-15-39)32(50)36-23-7-3-20(4-8-23)18-26(30(47)48)38-31(49)37-25(29(45)46)11-12-27(42)43/h3-10,19,25-26H,1-2,11-18,34-35H2,(H,36,50)(H,42,43)(H,45,46)(H,47,48)(H2,37,38,49)/b22-19-/t25?,26-/m0/s1. The predicted octanol–water partition coefficient (Wildman–Crippen LogP) is 1.52. The van der Waals surface area contributed by atoms with E-state index in [1.807, 2.05) is 0 Å². The summed E-state index contributed by atoms with van der Waals surface area (Å²) in [6.07, 6.45) is 1.10. The molecule has 0 radical (unpaired) electrons. The zero-order valence-corrected chi connectivity index (χ0v) is 27.1. The topological polar surface area (TPSA) is 261 Å². The molecule has 17 nitrogen and oxygen atoms in total. The van der Waals surface area contributed by atoms with Crippen LogP contribution in [0.3, 0.4) is 0 Å². The fraction of sp³-hybridized carbons (Fsp3) is 0.375. The summed E-state index contributed by atoms with van der Waals surface area (Å²) in [5, 5.41) is 35.8. The smallest absolute Gasteiger partial charge is 0.326 e. The Hall–Kier alpha value is -5.91. The van der Waals surface area contributed by atoms with E-state index in [0.29, 0.717) is 54.1 Å². The maximum absolute atomic E-state index is 13.1. The first-order chi connectivity index (χ1) is 23.8. The van der Waals surface area contributed by atoms with Gasteiger partial charge in [0.2, 0.25) is 0 Å². The maximum atomic E-state index is 13.1. The Kier molecular flexibility index (Phi) is 14.3. The Labute approximate surface area is 286 Å². The summed E-state index contributed by atoms with van der Waals surface area (Å²) in [7, 11) is 0. The van der Waals surface area contributed by atoms with E-state index in [4.69, 9.17) is 16.7 Å². The highest BCUT2D eigenvalue weighted by Gasteiger charge is 2.27. The molecule has 0 bridgehead atoms. The molecule has 0 spiro atoms. The van der Waals surface area contributed by atoms with Gasteiger partial charge < -0.3 is 46.8 Å². The third kappa shape index (κ3) is 12.0. The zero-order valence-electron chi connectivity index (χ0n) is 27.1. The van der Waals surface area contributed by atoms with Crippen LogP contribution in [-0.2, 0) is 20.8 Å². The lowest BCUT2D eigenvalue weighted by Crippen LogP contribution is -2.51. The number of carbonyl (C=O) groups excluding carboxylic acids is 3. The Morgan fingerprint density at radius 1 is 0.840 bits per heavy atom. The van der Waals surface area contributed by atoms with Crippen molar-refractivity contribution < 1.29 is 48.5 Å². The van der Waals surface area contributed by atoms with Gasteiger partial charge in [-0.3, -0.25) is 19.0 Å². The molecule has 0 aromatic heterocycles. The maximum Gasteiger partial charge on any atom is 0.326 e. The van der Waals surface area contributed by atoms with Crippen LogP contribution < -0.4 is 32.5 Å². The number of hydrazine groups is 1. The monoisotopic (exact) mass is 700 g/mol. The number of aliphatic carboxylic acids is 3. The van der Waals surface area contributed by atoms with E-state index in [1.54, 1.807) is 58.3 Å². The second kappa shape index (κ2) is 18.6. The number of nitrogens with one attached hydrogen (secondary N) is 3. The minimum atomic E-state index is -1.52. The molecule has 1 heterocycles. The summed E-state index contributed by atoms with van der Waals surface area (Å²) in [6, 6.07) is 8.39. The van der Waals surface area contributed by atoms with Crippen molar-refractivity contribution >= 4 is 47.3 Å². The van der Waals surface area contributed by atoms with Gasteiger partial charge in [0.15, 0.2) is 0 Å². The van der Waals surface area contributed by atoms with Crippen molar-refractivity contribution in [3.8, 4) is 0 Å². The molecule has 1 fully saturated rings. The molecule has 0 saturated carbocycles. The number of benzene rings is 2. The van der Waals surface area contributed by atoms with E-state index >= 15 is 0 Å². The van der Waals surface area contributed by atoms with Crippen molar-refractivity contribution in [1.29, 1.82) is 0 Å². The Morgan fingerprint density at radius 3 is 1.98 bits per heavy atom. The number of hydrogen-bond acceptors (Lipinski definition) is 9. The van der Waals surface area contributed by atoms with Crippen molar-refractivity contribution in [2.45, 2.75) is 44.2 Å². The van der Waals surface area contributed by atoms with Gasteiger partial charge in [0, 0.05) is 62.2 Å². The first kappa shape index (κ1) is 38.5. The van der Waals surface area contributed by atoms with Crippen molar-refractivity contribution in [2.24, 2.45) is 11.6 Å². The molecule has 2 atom stereocenters. The van der Waals surface area contributed by atoms with E-state index in [9.17, 15) is 43.4 Å². The third-order valence-electron chi connectivity index (χ3n) is 7.67. The first-order valence-corrected chi connectivity index (χ1v) is 15.6. The van der Waals surface area contributed by atoms with Gasteiger partial charge in [-0.1, -0.05) is 12.1 Å². The van der Waals surface area contributed by atoms with Crippen LogP contribution in [0.2, 0.25) is 0 Å². The molecule has 2 aromatic rings. The Morgan fingerprint density at radius 2 is 1.42 bits per heavy atom. The van der Waals surface area contributed by atoms with Gasteiger partial charge in [0.1, 0.15) is 12.1 Å². The number of amides is 5. The normalized spacial score (nSPS) is 14.2. The lowest BCUT2D eigenvalue weighted by Gasteiger charge is -2.34. The number of urea groups is 2. The molecule has 1 unspecified atom stereocenters. The zero-order chi connectivity index (χ0) is 36.8. The number of rotatable bonds is 16. The molecule has 3 rings (SSSR count). The van der Waals surface area contributed by atoms with Gasteiger partial charge in [-0.05, 0) is 61.2 Å².